The molecule has 0 bridgehead atoms. The summed E-state index contributed by atoms with van der Waals surface area (Å²) in [5, 5.41) is 9.28. The van der Waals surface area contributed by atoms with Crippen molar-refractivity contribution >= 4 is 0 Å². The number of hydrogen-bond donors (Lipinski definition) is 0. The smallest absolute Gasteiger partial charge is 0.123 e. The molecule has 6 heteroatoms. The van der Waals surface area contributed by atoms with Crippen LogP contribution in [0, 0.1) is 19.7 Å². The third-order valence-corrected chi connectivity index (χ3v) is 5.20. The van der Waals surface area contributed by atoms with Crippen molar-refractivity contribution < 1.29 is 4.39 Å². The van der Waals surface area contributed by atoms with Crippen molar-refractivity contribution in [3.8, 4) is 16.9 Å². The minimum Gasteiger partial charge on any atom is -0.298 e. The van der Waals surface area contributed by atoms with Gasteiger partial charge in [0.05, 0.1) is 17.1 Å². The van der Waals surface area contributed by atoms with Crippen LogP contribution in [0.1, 0.15) is 22.4 Å². The Morgan fingerprint density at radius 3 is 2.17 bits per heavy atom. The third-order valence-electron chi connectivity index (χ3n) is 5.20. The molecule has 0 aliphatic heterocycles. The molecule has 0 spiro atoms. The minimum absolute atomic E-state index is 0.248. The van der Waals surface area contributed by atoms with Crippen molar-refractivity contribution in [1.29, 1.82) is 0 Å². The lowest BCUT2D eigenvalue weighted by Gasteiger charge is -2.16. The fourth-order valence-electron chi connectivity index (χ4n) is 3.65. The van der Waals surface area contributed by atoms with E-state index in [1.165, 1.54) is 23.3 Å². The highest BCUT2D eigenvalue weighted by molar-refractivity contribution is 5.63. The Balaban J connectivity index is 1.66. The van der Waals surface area contributed by atoms with Gasteiger partial charge in [-0.1, -0.05) is 17.7 Å². The van der Waals surface area contributed by atoms with Crippen molar-refractivity contribution in [2.45, 2.75) is 26.9 Å². The molecule has 0 atom stereocenters. The summed E-state index contributed by atoms with van der Waals surface area (Å²) in [6.07, 6.45) is 4.12. The summed E-state index contributed by atoms with van der Waals surface area (Å²) in [6.45, 7) is 5.60. The summed E-state index contributed by atoms with van der Waals surface area (Å²) >= 11 is 0. The second-order valence-electron chi connectivity index (χ2n) is 7.88. The predicted octanol–water partition coefficient (Wildman–Crippen LogP) is 4.66. The predicted molar refractivity (Wildman–Crippen MR) is 117 cm³/mol. The van der Waals surface area contributed by atoms with E-state index in [0.717, 1.165) is 34.7 Å². The Hall–Kier alpha value is -3.25. The van der Waals surface area contributed by atoms with Gasteiger partial charge in [-0.15, -0.1) is 0 Å². The minimum atomic E-state index is -0.248. The lowest BCUT2D eigenvalue weighted by molar-refractivity contribution is 0.318. The van der Waals surface area contributed by atoms with E-state index in [4.69, 9.17) is 5.10 Å². The maximum atomic E-state index is 13.5. The molecule has 154 valence electrons. The molecule has 30 heavy (non-hydrogen) atoms. The fourth-order valence-corrected chi connectivity index (χ4v) is 3.65. The molecule has 4 aromatic rings. The van der Waals surface area contributed by atoms with Crippen molar-refractivity contribution in [2.75, 3.05) is 7.05 Å². The zero-order valence-electron chi connectivity index (χ0n) is 17.8. The molecule has 0 aliphatic rings. The highest BCUT2D eigenvalue weighted by Crippen LogP contribution is 2.26. The first-order valence-electron chi connectivity index (χ1n) is 9.98. The van der Waals surface area contributed by atoms with Crippen LogP contribution in [-0.2, 0) is 20.1 Å². The Bertz CT molecular complexity index is 1140. The summed E-state index contributed by atoms with van der Waals surface area (Å²) in [7, 11) is 4.03. The normalized spacial score (nSPS) is 11.4. The number of hydrogen-bond acceptors (Lipinski definition) is 3. The Kier molecular flexibility index (Phi) is 5.50. The first kappa shape index (κ1) is 20.0. The largest absolute Gasteiger partial charge is 0.298 e. The van der Waals surface area contributed by atoms with Crippen molar-refractivity contribution in [2.24, 2.45) is 7.05 Å². The summed E-state index contributed by atoms with van der Waals surface area (Å²) in [5.74, 6) is -0.248. The Morgan fingerprint density at radius 1 is 0.867 bits per heavy atom. The number of aryl methyl sites for hydroxylation is 3. The van der Waals surface area contributed by atoms with Crippen LogP contribution in [0.3, 0.4) is 0 Å². The van der Waals surface area contributed by atoms with E-state index < -0.39 is 0 Å². The van der Waals surface area contributed by atoms with Gasteiger partial charge in [0, 0.05) is 49.2 Å². The Morgan fingerprint density at radius 2 is 1.53 bits per heavy atom. The van der Waals surface area contributed by atoms with Crippen LogP contribution in [0.15, 0.2) is 60.9 Å². The van der Waals surface area contributed by atoms with E-state index >= 15 is 0 Å². The first-order chi connectivity index (χ1) is 14.4. The van der Waals surface area contributed by atoms with Gasteiger partial charge < -0.3 is 0 Å². The van der Waals surface area contributed by atoms with Gasteiger partial charge in [0.2, 0.25) is 0 Å². The van der Waals surface area contributed by atoms with Crippen LogP contribution in [0.2, 0.25) is 0 Å². The third kappa shape index (κ3) is 4.33. The lowest BCUT2D eigenvalue weighted by Crippen LogP contribution is -2.17. The molecule has 2 heterocycles. The topological polar surface area (TPSA) is 38.9 Å². The van der Waals surface area contributed by atoms with Crippen LogP contribution in [0.4, 0.5) is 4.39 Å². The van der Waals surface area contributed by atoms with E-state index in [1.54, 1.807) is 12.1 Å². The number of rotatable bonds is 6. The van der Waals surface area contributed by atoms with Crippen molar-refractivity contribution in [3.05, 3.63) is 89.1 Å². The monoisotopic (exact) mass is 403 g/mol. The van der Waals surface area contributed by atoms with Gasteiger partial charge in [0.15, 0.2) is 0 Å². The summed E-state index contributed by atoms with van der Waals surface area (Å²) in [4.78, 5) is 2.24. The quantitative estimate of drug-likeness (QED) is 0.470. The van der Waals surface area contributed by atoms with Gasteiger partial charge in [-0.3, -0.25) is 9.58 Å². The molecular formula is C24H26FN5. The zero-order valence-corrected chi connectivity index (χ0v) is 17.8. The van der Waals surface area contributed by atoms with Crippen LogP contribution in [0.5, 0.6) is 0 Å². The maximum absolute atomic E-state index is 13.5. The Labute approximate surface area is 176 Å². The highest BCUT2D eigenvalue weighted by atomic mass is 19.1. The summed E-state index contributed by atoms with van der Waals surface area (Å²) in [6, 6.07) is 14.8. The van der Waals surface area contributed by atoms with Crippen molar-refractivity contribution in [1.82, 2.24) is 24.5 Å². The van der Waals surface area contributed by atoms with E-state index in [-0.39, 0.29) is 5.82 Å². The number of nitrogens with zero attached hydrogens (tertiary/aromatic N) is 5. The van der Waals surface area contributed by atoms with Crippen LogP contribution < -0.4 is 0 Å². The van der Waals surface area contributed by atoms with Gasteiger partial charge in [-0.2, -0.15) is 10.2 Å². The maximum Gasteiger partial charge on any atom is 0.123 e. The number of benzene rings is 2. The van der Waals surface area contributed by atoms with Gasteiger partial charge in [0.1, 0.15) is 5.82 Å². The molecule has 2 aromatic heterocycles. The molecule has 5 nitrogen and oxygen atoms in total. The van der Waals surface area contributed by atoms with Crippen LogP contribution in [0.25, 0.3) is 16.9 Å². The molecule has 2 aromatic carbocycles. The van der Waals surface area contributed by atoms with E-state index in [0.29, 0.717) is 6.54 Å². The van der Waals surface area contributed by atoms with Crippen molar-refractivity contribution in [3.63, 3.8) is 0 Å². The average molecular weight is 404 g/mol. The summed E-state index contributed by atoms with van der Waals surface area (Å²) in [5.41, 5.74) is 7.31. The molecule has 0 radical (unpaired) electrons. The molecule has 4 rings (SSSR count). The van der Waals surface area contributed by atoms with Gasteiger partial charge in [-0.25, -0.2) is 9.07 Å². The molecular weight excluding hydrogens is 377 g/mol. The summed E-state index contributed by atoms with van der Waals surface area (Å²) < 4.78 is 17.2. The average Bonchev–Trinajstić information content (AvgIpc) is 3.25. The molecule has 0 amide bonds. The van der Waals surface area contributed by atoms with Gasteiger partial charge >= 0.3 is 0 Å². The van der Waals surface area contributed by atoms with Gasteiger partial charge in [-0.05, 0) is 57.3 Å². The molecule has 0 saturated heterocycles. The lowest BCUT2D eigenvalue weighted by atomic mass is 10.1. The van der Waals surface area contributed by atoms with E-state index in [1.807, 2.05) is 23.3 Å². The highest BCUT2D eigenvalue weighted by Gasteiger charge is 2.15. The standard InChI is InChI=1S/C24H26FN5/c1-17-5-11-23(12-6-17)30-16-21(24(27-30)19-7-9-22(25)10-8-19)14-28(3)13-20-15-29(4)26-18(20)2/h5-12,15-16H,13-14H2,1-4H3. The SMILES string of the molecule is Cc1ccc(-n2cc(CN(C)Cc3cn(C)nc3C)c(-c3ccc(F)cc3)n2)cc1. The van der Waals surface area contributed by atoms with E-state index in [9.17, 15) is 4.39 Å². The van der Waals surface area contributed by atoms with Crippen LogP contribution >= 0.6 is 0 Å². The van der Waals surface area contributed by atoms with Gasteiger partial charge in [0.25, 0.3) is 0 Å². The van der Waals surface area contributed by atoms with Crippen LogP contribution in [-0.4, -0.2) is 31.5 Å². The zero-order chi connectivity index (χ0) is 21.3. The molecule has 0 unspecified atom stereocenters. The fraction of sp³-hybridized carbons (Fsp3) is 0.250. The number of aromatic nitrogens is 4. The number of halogens is 1. The molecule has 0 fully saturated rings. The second kappa shape index (κ2) is 8.24. The van der Waals surface area contributed by atoms with E-state index in [2.05, 4.69) is 60.6 Å². The molecule has 0 aliphatic carbocycles. The second-order valence-corrected chi connectivity index (χ2v) is 7.88. The molecule has 0 N–H and O–H groups in total. The molecule has 0 saturated carbocycles. The first-order valence-corrected chi connectivity index (χ1v) is 9.98.